The van der Waals surface area contributed by atoms with Gasteiger partial charge in [-0.3, -0.25) is 9.40 Å². The molecule has 0 saturated carbocycles. The molecule has 23 heavy (non-hydrogen) atoms. The van der Waals surface area contributed by atoms with E-state index in [2.05, 4.69) is 29.0 Å². The maximum absolute atomic E-state index is 11.7. The molecule has 1 aromatic rings. The molecule has 1 rings (SSSR count). The Hall–Kier alpha value is -1.70. The van der Waals surface area contributed by atoms with E-state index in [1.165, 1.54) is 6.20 Å². The first kappa shape index (κ1) is 19.3. The summed E-state index contributed by atoms with van der Waals surface area (Å²) in [6, 6.07) is -0.328. The summed E-state index contributed by atoms with van der Waals surface area (Å²) in [7, 11) is 0. The van der Waals surface area contributed by atoms with E-state index < -0.39 is 5.97 Å². The molecule has 1 heterocycles. The molecule has 0 radical (unpaired) electrons. The van der Waals surface area contributed by atoms with E-state index in [-0.39, 0.29) is 11.6 Å². The van der Waals surface area contributed by atoms with Crippen molar-refractivity contribution in [1.82, 2.24) is 19.8 Å². The number of hydrogen-bond donors (Lipinski definition) is 3. The first-order valence-corrected chi connectivity index (χ1v) is 8.91. The average Bonchev–Trinajstić information content (AvgIpc) is 2.94. The Morgan fingerprint density at radius 2 is 1.96 bits per heavy atom. The van der Waals surface area contributed by atoms with Gasteiger partial charge in [-0.15, -0.1) is 0 Å². The lowest BCUT2D eigenvalue weighted by atomic mass is 10.2. The summed E-state index contributed by atoms with van der Waals surface area (Å²) >= 11 is 0.931. The number of aromatic nitrogens is 2. The number of amides is 2. The van der Waals surface area contributed by atoms with Gasteiger partial charge < -0.3 is 10.4 Å². The minimum Gasteiger partial charge on any atom is -0.478 e. The SMILES string of the molecule is CCCCCCNC(=O)NSc1nn(CCCC)cc1C(=O)O. The minimum atomic E-state index is -1.04. The van der Waals surface area contributed by atoms with Crippen molar-refractivity contribution in [1.29, 1.82) is 0 Å². The third kappa shape index (κ3) is 7.40. The van der Waals surface area contributed by atoms with Gasteiger partial charge in [-0.25, -0.2) is 9.59 Å². The molecule has 0 spiro atoms. The Bertz CT molecular complexity index is 505. The quantitative estimate of drug-likeness (QED) is 0.424. The summed E-state index contributed by atoms with van der Waals surface area (Å²) in [5.41, 5.74) is 0.106. The van der Waals surface area contributed by atoms with Crippen LogP contribution in [0.4, 0.5) is 4.79 Å². The molecule has 1 aromatic heterocycles. The van der Waals surface area contributed by atoms with Crippen LogP contribution in [0, 0.1) is 0 Å². The maximum Gasteiger partial charge on any atom is 0.340 e. The Labute approximate surface area is 141 Å². The van der Waals surface area contributed by atoms with E-state index in [9.17, 15) is 14.7 Å². The normalized spacial score (nSPS) is 10.5. The predicted octanol–water partition coefficient (Wildman–Crippen LogP) is 3.27. The molecule has 0 fully saturated rings. The number of nitrogens with zero attached hydrogens (tertiary/aromatic N) is 2. The van der Waals surface area contributed by atoms with E-state index in [4.69, 9.17) is 0 Å². The van der Waals surface area contributed by atoms with E-state index in [0.717, 1.165) is 50.5 Å². The zero-order valence-electron chi connectivity index (χ0n) is 13.8. The first-order chi connectivity index (χ1) is 11.1. The van der Waals surface area contributed by atoms with Gasteiger partial charge in [-0.05, 0) is 12.8 Å². The van der Waals surface area contributed by atoms with Crippen LogP contribution in [-0.2, 0) is 6.54 Å². The van der Waals surface area contributed by atoms with Gasteiger partial charge in [0.05, 0.1) is 0 Å². The van der Waals surface area contributed by atoms with Gasteiger partial charge in [0, 0.05) is 31.2 Å². The zero-order valence-corrected chi connectivity index (χ0v) is 14.6. The van der Waals surface area contributed by atoms with E-state index >= 15 is 0 Å². The Balaban J connectivity index is 2.44. The number of rotatable bonds is 11. The molecule has 2 amide bonds. The maximum atomic E-state index is 11.7. The molecule has 0 bridgehead atoms. The molecular formula is C15H26N4O3S. The monoisotopic (exact) mass is 342 g/mol. The fourth-order valence-corrected chi connectivity index (χ4v) is 2.60. The van der Waals surface area contributed by atoms with Gasteiger partial charge in [-0.1, -0.05) is 39.5 Å². The molecular weight excluding hydrogens is 316 g/mol. The largest absolute Gasteiger partial charge is 0.478 e. The first-order valence-electron chi connectivity index (χ1n) is 8.09. The van der Waals surface area contributed by atoms with Gasteiger partial charge in [-0.2, -0.15) is 5.10 Å². The lowest BCUT2D eigenvalue weighted by Crippen LogP contribution is -2.32. The smallest absolute Gasteiger partial charge is 0.340 e. The highest BCUT2D eigenvalue weighted by atomic mass is 32.2. The van der Waals surface area contributed by atoms with E-state index in [1.807, 2.05) is 0 Å². The molecule has 3 N–H and O–H groups in total. The Kier molecular flexibility index (Phi) is 9.20. The molecule has 0 aliphatic heterocycles. The van der Waals surface area contributed by atoms with Crippen LogP contribution < -0.4 is 10.0 Å². The second-order valence-corrected chi connectivity index (χ2v) is 6.09. The molecule has 0 aliphatic rings. The number of nitrogens with one attached hydrogen (secondary N) is 2. The number of carboxylic acids is 1. The highest BCUT2D eigenvalue weighted by Gasteiger charge is 2.17. The van der Waals surface area contributed by atoms with Crippen molar-refractivity contribution in [2.24, 2.45) is 0 Å². The number of carbonyl (C=O) groups excluding carboxylic acids is 1. The highest BCUT2D eigenvalue weighted by Crippen LogP contribution is 2.18. The summed E-state index contributed by atoms with van der Waals surface area (Å²) in [6.07, 6.45) is 7.79. The molecule has 0 unspecified atom stereocenters. The topological polar surface area (TPSA) is 96.3 Å². The third-order valence-electron chi connectivity index (χ3n) is 3.26. The van der Waals surface area contributed by atoms with Crippen LogP contribution in [0.25, 0.3) is 0 Å². The number of carbonyl (C=O) groups is 2. The lowest BCUT2D eigenvalue weighted by molar-refractivity contribution is 0.0693. The van der Waals surface area contributed by atoms with Gasteiger partial charge in [0.15, 0.2) is 5.03 Å². The Morgan fingerprint density at radius 3 is 2.61 bits per heavy atom. The molecule has 0 saturated heterocycles. The van der Waals surface area contributed by atoms with Crippen molar-refractivity contribution in [2.45, 2.75) is 63.9 Å². The molecule has 130 valence electrons. The molecule has 7 nitrogen and oxygen atoms in total. The fourth-order valence-electron chi connectivity index (χ4n) is 1.94. The van der Waals surface area contributed by atoms with Crippen LogP contribution in [0.5, 0.6) is 0 Å². The molecule has 8 heteroatoms. The standard InChI is InChI=1S/C15H26N4O3S/c1-3-5-7-8-9-16-15(22)18-23-13-12(14(20)21)11-19(17-13)10-6-4-2/h11H,3-10H2,1-2H3,(H,20,21)(H2,16,18,22). The zero-order chi connectivity index (χ0) is 17.1. The lowest BCUT2D eigenvalue weighted by Gasteiger charge is -2.05. The number of hydrogen-bond acceptors (Lipinski definition) is 4. The third-order valence-corrected chi connectivity index (χ3v) is 4.04. The molecule has 0 aromatic carbocycles. The van der Waals surface area contributed by atoms with Crippen molar-refractivity contribution >= 4 is 23.9 Å². The number of urea groups is 1. The summed E-state index contributed by atoms with van der Waals surface area (Å²) in [5.74, 6) is -1.04. The van der Waals surface area contributed by atoms with Gasteiger partial charge >= 0.3 is 12.0 Å². The summed E-state index contributed by atoms with van der Waals surface area (Å²) in [5, 5.41) is 16.5. The number of carboxylic acid groups (broad SMARTS) is 1. The van der Waals surface area contributed by atoms with Crippen molar-refractivity contribution in [2.75, 3.05) is 6.54 Å². The minimum absolute atomic E-state index is 0.106. The van der Waals surface area contributed by atoms with Gasteiger partial charge in [0.1, 0.15) is 5.56 Å². The fraction of sp³-hybridized carbons (Fsp3) is 0.667. The van der Waals surface area contributed by atoms with E-state index in [1.54, 1.807) is 4.68 Å². The van der Waals surface area contributed by atoms with Crippen molar-refractivity contribution in [3.63, 3.8) is 0 Å². The summed E-state index contributed by atoms with van der Waals surface area (Å²) < 4.78 is 4.19. The van der Waals surface area contributed by atoms with Crippen LogP contribution in [0.1, 0.15) is 62.7 Å². The predicted molar refractivity (Wildman–Crippen MR) is 90.6 cm³/mol. The van der Waals surface area contributed by atoms with Crippen LogP contribution in [0.3, 0.4) is 0 Å². The van der Waals surface area contributed by atoms with Crippen LogP contribution in [0.15, 0.2) is 11.2 Å². The summed E-state index contributed by atoms with van der Waals surface area (Å²) in [4.78, 5) is 22.9. The van der Waals surface area contributed by atoms with Crippen LogP contribution in [0.2, 0.25) is 0 Å². The number of unbranched alkanes of at least 4 members (excludes halogenated alkanes) is 4. The molecule has 0 atom stereocenters. The van der Waals surface area contributed by atoms with E-state index in [0.29, 0.717) is 18.1 Å². The van der Waals surface area contributed by atoms with Crippen LogP contribution >= 0.6 is 11.9 Å². The highest BCUT2D eigenvalue weighted by molar-refractivity contribution is 7.98. The van der Waals surface area contributed by atoms with Gasteiger partial charge in [0.2, 0.25) is 0 Å². The Morgan fingerprint density at radius 1 is 1.22 bits per heavy atom. The number of aryl methyl sites for hydroxylation is 1. The van der Waals surface area contributed by atoms with Crippen molar-refractivity contribution < 1.29 is 14.7 Å². The average molecular weight is 342 g/mol. The van der Waals surface area contributed by atoms with Gasteiger partial charge in [0.25, 0.3) is 0 Å². The van der Waals surface area contributed by atoms with Crippen molar-refractivity contribution in [3.05, 3.63) is 11.8 Å². The second kappa shape index (κ2) is 10.9. The molecule has 0 aliphatic carbocycles. The second-order valence-electron chi connectivity index (χ2n) is 5.29. The van der Waals surface area contributed by atoms with Crippen molar-refractivity contribution in [3.8, 4) is 0 Å². The summed E-state index contributed by atoms with van der Waals surface area (Å²) in [6.45, 7) is 5.48. The van der Waals surface area contributed by atoms with Crippen LogP contribution in [-0.4, -0.2) is 33.4 Å². The number of aromatic carboxylic acids is 1.